The number of hydrogen-bond donors (Lipinski definition) is 1. The van der Waals surface area contributed by atoms with Gasteiger partial charge in [0.2, 0.25) is 0 Å². The molecule has 1 saturated heterocycles. The smallest absolute Gasteiger partial charge is 0.270 e. The highest BCUT2D eigenvalue weighted by atomic mass is 16.1. The molecule has 1 N–H and O–H groups in total. The number of anilines is 1. The Morgan fingerprint density at radius 2 is 2.12 bits per heavy atom. The Morgan fingerprint density at radius 1 is 1.28 bits per heavy atom. The Morgan fingerprint density at radius 3 is 2.92 bits per heavy atom. The van der Waals surface area contributed by atoms with E-state index < -0.39 is 0 Å². The van der Waals surface area contributed by atoms with E-state index in [0.29, 0.717) is 18.3 Å². The molecule has 25 heavy (non-hydrogen) atoms. The molecule has 1 aromatic carbocycles. The second kappa shape index (κ2) is 8.15. The normalized spacial score (nSPS) is 17.4. The molecule has 1 unspecified atom stereocenters. The van der Waals surface area contributed by atoms with Crippen LogP contribution in [-0.4, -0.2) is 23.5 Å². The van der Waals surface area contributed by atoms with Crippen molar-refractivity contribution in [1.82, 2.24) is 10.3 Å². The Kier molecular flexibility index (Phi) is 5.69. The van der Waals surface area contributed by atoms with E-state index in [-0.39, 0.29) is 5.91 Å². The van der Waals surface area contributed by atoms with Crippen molar-refractivity contribution in [2.45, 2.75) is 52.1 Å². The molecule has 1 aromatic heterocycles. The van der Waals surface area contributed by atoms with Gasteiger partial charge in [0.15, 0.2) is 0 Å². The summed E-state index contributed by atoms with van der Waals surface area (Å²) in [7, 11) is 0. The maximum atomic E-state index is 12.5. The fraction of sp³-hybridized carbons (Fsp3) is 0.429. The first-order chi connectivity index (χ1) is 12.2. The Bertz CT molecular complexity index is 729. The summed E-state index contributed by atoms with van der Waals surface area (Å²) < 4.78 is 0. The zero-order valence-corrected chi connectivity index (χ0v) is 15.2. The average Bonchev–Trinajstić information content (AvgIpc) is 2.67. The molecule has 2 aromatic rings. The third kappa shape index (κ3) is 4.19. The lowest BCUT2D eigenvalue weighted by Crippen LogP contribution is -2.39. The number of nitrogens with one attached hydrogen (secondary N) is 1. The second-order valence-electron chi connectivity index (χ2n) is 6.76. The van der Waals surface area contributed by atoms with Gasteiger partial charge in [-0.05, 0) is 55.9 Å². The van der Waals surface area contributed by atoms with Crippen molar-refractivity contribution in [1.29, 1.82) is 0 Å². The van der Waals surface area contributed by atoms with Crippen LogP contribution in [0.4, 0.5) is 5.69 Å². The number of hydrogen-bond acceptors (Lipinski definition) is 3. The van der Waals surface area contributed by atoms with E-state index in [2.05, 4.69) is 35.1 Å². The van der Waals surface area contributed by atoms with Crippen molar-refractivity contribution in [3.63, 3.8) is 0 Å². The molecule has 0 saturated carbocycles. The van der Waals surface area contributed by atoms with Crippen molar-refractivity contribution in [2.75, 3.05) is 11.4 Å². The minimum absolute atomic E-state index is 0.116. The molecule has 1 aliphatic heterocycles. The SMILES string of the molecule is CCC1CCCCN1c1ccnc(C(=O)NCc2ccccc2C)c1. The molecular formula is C21H27N3O. The molecule has 0 aliphatic carbocycles. The molecular weight excluding hydrogens is 310 g/mol. The van der Waals surface area contributed by atoms with E-state index in [9.17, 15) is 4.79 Å². The monoisotopic (exact) mass is 337 g/mol. The van der Waals surface area contributed by atoms with E-state index in [0.717, 1.165) is 24.2 Å². The molecule has 2 heterocycles. The highest BCUT2D eigenvalue weighted by Crippen LogP contribution is 2.26. The molecule has 0 bridgehead atoms. The summed E-state index contributed by atoms with van der Waals surface area (Å²) in [5.41, 5.74) is 3.92. The van der Waals surface area contributed by atoms with Gasteiger partial charge >= 0.3 is 0 Å². The first-order valence-electron chi connectivity index (χ1n) is 9.24. The quantitative estimate of drug-likeness (QED) is 0.894. The zero-order chi connectivity index (χ0) is 17.6. The molecule has 1 aliphatic rings. The van der Waals surface area contributed by atoms with Crippen molar-refractivity contribution in [2.24, 2.45) is 0 Å². The van der Waals surface area contributed by atoms with Crippen molar-refractivity contribution < 1.29 is 4.79 Å². The van der Waals surface area contributed by atoms with Crippen LogP contribution in [0.15, 0.2) is 42.6 Å². The van der Waals surface area contributed by atoms with E-state index >= 15 is 0 Å². The first-order valence-corrected chi connectivity index (χ1v) is 9.24. The van der Waals surface area contributed by atoms with E-state index in [4.69, 9.17) is 0 Å². The minimum Gasteiger partial charge on any atom is -0.368 e. The summed E-state index contributed by atoms with van der Waals surface area (Å²) in [6.07, 6.45) is 6.63. The largest absolute Gasteiger partial charge is 0.368 e. The predicted molar refractivity (Wildman–Crippen MR) is 102 cm³/mol. The summed E-state index contributed by atoms with van der Waals surface area (Å²) in [6, 6.07) is 12.6. The fourth-order valence-electron chi connectivity index (χ4n) is 3.56. The van der Waals surface area contributed by atoms with Crippen LogP contribution in [0.1, 0.15) is 54.2 Å². The Balaban J connectivity index is 1.70. The van der Waals surface area contributed by atoms with Gasteiger partial charge in [0, 0.05) is 31.0 Å². The molecule has 132 valence electrons. The predicted octanol–water partition coefficient (Wildman–Crippen LogP) is 4.09. The topological polar surface area (TPSA) is 45.2 Å². The standard InChI is InChI=1S/C21H27N3O/c1-3-18-10-6-7-13-24(18)19-11-12-22-20(14-19)21(25)23-15-17-9-5-4-8-16(17)2/h4-5,8-9,11-12,14,18H,3,6-7,10,13,15H2,1-2H3,(H,23,25). The van der Waals surface area contributed by atoms with Crippen LogP contribution in [0.5, 0.6) is 0 Å². The number of carbonyl (C=O) groups excluding carboxylic acids is 1. The van der Waals surface area contributed by atoms with Gasteiger partial charge in [-0.2, -0.15) is 0 Å². The van der Waals surface area contributed by atoms with Gasteiger partial charge in [-0.25, -0.2) is 0 Å². The molecule has 1 fully saturated rings. The minimum atomic E-state index is -0.116. The highest BCUT2D eigenvalue weighted by molar-refractivity contribution is 5.93. The van der Waals surface area contributed by atoms with Crippen molar-refractivity contribution >= 4 is 11.6 Å². The van der Waals surface area contributed by atoms with Gasteiger partial charge in [0.1, 0.15) is 5.69 Å². The van der Waals surface area contributed by atoms with Gasteiger partial charge in [0.25, 0.3) is 5.91 Å². The first kappa shape index (κ1) is 17.5. The lowest BCUT2D eigenvalue weighted by atomic mass is 9.99. The van der Waals surface area contributed by atoms with E-state index in [1.807, 2.05) is 30.3 Å². The average molecular weight is 337 g/mol. The van der Waals surface area contributed by atoms with Crippen LogP contribution >= 0.6 is 0 Å². The molecule has 0 spiro atoms. The van der Waals surface area contributed by atoms with Gasteiger partial charge in [-0.3, -0.25) is 9.78 Å². The van der Waals surface area contributed by atoms with Crippen LogP contribution in [-0.2, 0) is 6.54 Å². The number of aromatic nitrogens is 1. The summed E-state index contributed by atoms with van der Waals surface area (Å²) in [4.78, 5) is 19.2. The number of carbonyl (C=O) groups is 1. The number of piperidine rings is 1. The molecule has 0 radical (unpaired) electrons. The van der Waals surface area contributed by atoms with E-state index in [1.165, 1.54) is 24.8 Å². The molecule has 1 atom stereocenters. The Hall–Kier alpha value is -2.36. The number of aryl methyl sites for hydroxylation is 1. The highest BCUT2D eigenvalue weighted by Gasteiger charge is 2.22. The lowest BCUT2D eigenvalue weighted by Gasteiger charge is -2.37. The van der Waals surface area contributed by atoms with Crippen LogP contribution in [0.2, 0.25) is 0 Å². The maximum Gasteiger partial charge on any atom is 0.270 e. The number of rotatable bonds is 5. The lowest BCUT2D eigenvalue weighted by molar-refractivity contribution is 0.0946. The zero-order valence-electron chi connectivity index (χ0n) is 15.2. The maximum absolute atomic E-state index is 12.5. The van der Waals surface area contributed by atoms with Gasteiger partial charge < -0.3 is 10.2 Å². The van der Waals surface area contributed by atoms with E-state index in [1.54, 1.807) is 6.20 Å². The van der Waals surface area contributed by atoms with Gasteiger partial charge in [-0.15, -0.1) is 0 Å². The Labute approximate surface area is 150 Å². The third-order valence-corrected chi connectivity index (χ3v) is 5.11. The van der Waals surface area contributed by atoms with Crippen LogP contribution in [0.25, 0.3) is 0 Å². The third-order valence-electron chi connectivity index (χ3n) is 5.11. The molecule has 3 rings (SSSR count). The van der Waals surface area contributed by atoms with Crippen LogP contribution < -0.4 is 10.2 Å². The fourth-order valence-corrected chi connectivity index (χ4v) is 3.56. The number of nitrogens with zero attached hydrogens (tertiary/aromatic N) is 2. The summed E-state index contributed by atoms with van der Waals surface area (Å²) in [6.45, 7) is 5.88. The van der Waals surface area contributed by atoms with Crippen LogP contribution in [0, 0.1) is 6.92 Å². The molecule has 1 amide bonds. The van der Waals surface area contributed by atoms with Crippen molar-refractivity contribution in [3.05, 3.63) is 59.4 Å². The molecule has 4 nitrogen and oxygen atoms in total. The number of pyridine rings is 1. The summed E-state index contributed by atoms with van der Waals surface area (Å²) in [5.74, 6) is -0.116. The summed E-state index contributed by atoms with van der Waals surface area (Å²) in [5, 5.41) is 2.99. The van der Waals surface area contributed by atoms with Gasteiger partial charge in [-0.1, -0.05) is 31.2 Å². The summed E-state index contributed by atoms with van der Waals surface area (Å²) >= 11 is 0. The van der Waals surface area contributed by atoms with Gasteiger partial charge in [0.05, 0.1) is 0 Å². The van der Waals surface area contributed by atoms with Crippen molar-refractivity contribution in [3.8, 4) is 0 Å². The number of benzene rings is 1. The molecule has 4 heteroatoms. The number of amides is 1. The van der Waals surface area contributed by atoms with Crippen LogP contribution in [0.3, 0.4) is 0 Å². The second-order valence-corrected chi connectivity index (χ2v) is 6.76.